The van der Waals surface area contributed by atoms with Crippen molar-refractivity contribution in [3.63, 3.8) is 0 Å². The molecule has 0 bridgehead atoms. The Kier molecular flexibility index (Phi) is 5.67. The van der Waals surface area contributed by atoms with Gasteiger partial charge in [0, 0.05) is 14.0 Å². The number of hydrogen-bond acceptors (Lipinski definition) is 1. The lowest BCUT2D eigenvalue weighted by atomic mass is 9.97. The molecule has 0 spiro atoms. The first kappa shape index (κ1) is 16.0. The quantitative estimate of drug-likeness (QED) is 0.656. The number of rotatable bonds is 4. The van der Waals surface area contributed by atoms with Crippen LogP contribution in [0.2, 0.25) is 5.02 Å². The van der Waals surface area contributed by atoms with Crippen molar-refractivity contribution in [2.24, 2.45) is 0 Å². The van der Waals surface area contributed by atoms with Crippen LogP contribution >= 0.6 is 43.5 Å². The second-order valence-corrected chi connectivity index (χ2v) is 6.75. The molecule has 1 N–H and O–H groups in total. The second-order valence-electron chi connectivity index (χ2n) is 4.64. The maximum absolute atomic E-state index is 6.36. The first-order valence-electron chi connectivity index (χ1n) is 6.48. The van der Waals surface area contributed by atoms with Gasteiger partial charge in [0.25, 0.3) is 0 Å². The molecule has 1 unspecified atom stereocenters. The summed E-state index contributed by atoms with van der Waals surface area (Å²) < 4.78 is 2.19. The van der Waals surface area contributed by atoms with E-state index in [9.17, 15) is 0 Å². The molecule has 2 aromatic carbocycles. The number of halogens is 3. The van der Waals surface area contributed by atoms with E-state index in [1.807, 2.05) is 18.2 Å². The van der Waals surface area contributed by atoms with Gasteiger partial charge >= 0.3 is 0 Å². The molecule has 1 atom stereocenters. The van der Waals surface area contributed by atoms with E-state index in [1.54, 1.807) is 0 Å². The van der Waals surface area contributed by atoms with Crippen molar-refractivity contribution in [1.82, 2.24) is 5.32 Å². The van der Waals surface area contributed by atoms with Crippen molar-refractivity contribution in [3.05, 3.63) is 67.1 Å². The van der Waals surface area contributed by atoms with Crippen molar-refractivity contribution < 1.29 is 0 Å². The highest BCUT2D eigenvalue weighted by atomic mass is 79.9. The van der Waals surface area contributed by atoms with E-state index in [-0.39, 0.29) is 6.04 Å². The molecule has 20 heavy (non-hydrogen) atoms. The van der Waals surface area contributed by atoms with Gasteiger partial charge in [-0.05, 0) is 48.4 Å². The molecule has 0 fully saturated rings. The van der Waals surface area contributed by atoms with Crippen molar-refractivity contribution in [2.45, 2.75) is 19.9 Å². The Balaban J connectivity index is 2.54. The van der Waals surface area contributed by atoms with Crippen molar-refractivity contribution in [1.29, 1.82) is 0 Å². The molecule has 2 rings (SSSR count). The van der Waals surface area contributed by atoms with Gasteiger partial charge in [-0.3, -0.25) is 0 Å². The first-order valence-corrected chi connectivity index (χ1v) is 8.44. The summed E-state index contributed by atoms with van der Waals surface area (Å²) in [5.41, 5.74) is 3.47. The van der Waals surface area contributed by atoms with Crippen LogP contribution in [0.25, 0.3) is 0 Å². The van der Waals surface area contributed by atoms with Gasteiger partial charge in [0.1, 0.15) is 0 Å². The molecule has 0 saturated carbocycles. The zero-order valence-electron chi connectivity index (χ0n) is 11.4. The van der Waals surface area contributed by atoms with Gasteiger partial charge in [0.15, 0.2) is 0 Å². The van der Waals surface area contributed by atoms with E-state index >= 15 is 0 Å². The lowest BCUT2D eigenvalue weighted by Gasteiger charge is -2.22. The Morgan fingerprint density at radius 1 is 1.10 bits per heavy atom. The molecular weight excluding hydrogens is 401 g/mol. The number of benzene rings is 2. The van der Waals surface area contributed by atoms with E-state index in [4.69, 9.17) is 11.6 Å². The predicted octanol–water partition coefficient (Wildman–Crippen LogP) is 5.87. The molecule has 1 nitrogen and oxygen atoms in total. The smallest absolute Gasteiger partial charge is 0.0602 e. The fraction of sp³-hybridized carbons (Fsp3) is 0.250. The van der Waals surface area contributed by atoms with E-state index in [2.05, 4.69) is 69.2 Å². The van der Waals surface area contributed by atoms with Gasteiger partial charge in [-0.2, -0.15) is 0 Å². The molecule has 0 aliphatic carbocycles. The fourth-order valence-electron chi connectivity index (χ4n) is 2.18. The third-order valence-corrected chi connectivity index (χ3v) is 5.10. The largest absolute Gasteiger partial charge is 0.306 e. The lowest BCUT2D eigenvalue weighted by molar-refractivity contribution is 0.628. The molecule has 0 heterocycles. The average Bonchev–Trinajstić information content (AvgIpc) is 2.42. The summed E-state index contributed by atoms with van der Waals surface area (Å²) >= 11 is 13.6. The van der Waals surface area contributed by atoms with Crippen LogP contribution in [0, 0.1) is 6.92 Å². The Bertz CT molecular complexity index is 613. The standard InChI is InChI=1S/C16H16Br2ClN/c1-3-20-16(11-6-4-5-7-15(11)19)12-9-13(17)10(2)8-14(12)18/h4-9,16,20H,3H2,1-2H3. The Labute approximate surface area is 142 Å². The minimum absolute atomic E-state index is 0.0694. The normalized spacial score (nSPS) is 12.4. The summed E-state index contributed by atoms with van der Waals surface area (Å²) in [7, 11) is 0. The van der Waals surface area contributed by atoms with Crippen LogP contribution in [0.15, 0.2) is 45.3 Å². The molecular formula is C16H16Br2ClN. The van der Waals surface area contributed by atoms with Crippen LogP contribution in [0.1, 0.15) is 29.7 Å². The van der Waals surface area contributed by atoms with Crippen LogP contribution in [0.4, 0.5) is 0 Å². The highest BCUT2D eigenvalue weighted by Gasteiger charge is 2.19. The monoisotopic (exact) mass is 415 g/mol. The maximum Gasteiger partial charge on any atom is 0.0602 e. The van der Waals surface area contributed by atoms with Gasteiger partial charge < -0.3 is 5.32 Å². The first-order chi connectivity index (χ1) is 9.54. The van der Waals surface area contributed by atoms with Crippen LogP contribution in [0.3, 0.4) is 0 Å². The SMILES string of the molecule is CCNC(c1ccccc1Cl)c1cc(Br)c(C)cc1Br. The zero-order valence-corrected chi connectivity index (χ0v) is 15.3. The minimum Gasteiger partial charge on any atom is -0.306 e. The van der Waals surface area contributed by atoms with Crippen LogP contribution < -0.4 is 5.32 Å². The molecule has 2 aromatic rings. The summed E-state index contributed by atoms with van der Waals surface area (Å²) in [6.07, 6.45) is 0. The van der Waals surface area contributed by atoms with Gasteiger partial charge in [-0.15, -0.1) is 0 Å². The molecule has 4 heteroatoms. The Morgan fingerprint density at radius 2 is 1.80 bits per heavy atom. The minimum atomic E-state index is 0.0694. The van der Waals surface area contributed by atoms with Crippen LogP contribution in [-0.4, -0.2) is 6.54 Å². The summed E-state index contributed by atoms with van der Waals surface area (Å²) in [5.74, 6) is 0. The number of hydrogen-bond donors (Lipinski definition) is 1. The van der Waals surface area contributed by atoms with E-state index in [0.717, 1.165) is 26.1 Å². The molecule has 0 saturated heterocycles. The van der Waals surface area contributed by atoms with Crippen molar-refractivity contribution in [2.75, 3.05) is 6.54 Å². The van der Waals surface area contributed by atoms with Crippen LogP contribution in [0.5, 0.6) is 0 Å². The predicted molar refractivity (Wildman–Crippen MR) is 93.6 cm³/mol. The molecule has 0 radical (unpaired) electrons. The van der Waals surface area contributed by atoms with Gasteiger partial charge in [0.05, 0.1) is 6.04 Å². The summed E-state index contributed by atoms with van der Waals surface area (Å²) in [4.78, 5) is 0. The molecule has 0 aliphatic rings. The zero-order chi connectivity index (χ0) is 14.7. The highest BCUT2D eigenvalue weighted by Crippen LogP contribution is 2.35. The topological polar surface area (TPSA) is 12.0 Å². The highest BCUT2D eigenvalue weighted by molar-refractivity contribution is 9.11. The maximum atomic E-state index is 6.36. The second kappa shape index (κ2) is 7.08. The lowest BCUT2D eigenvalue weighted by Crippen LogP contribution is -2.22. The van der Waals surface area contributed by atoms with Gasteiger partial charge in [-0.25, -0.2) is 0 Å². The van der Waals surface area contributed by atoms with E-state index < -0.39 is 0 Å². The molecule has 0 aliphatic heterocycles. The van der Waals surface area contributed by atoms with E-state index in [1.165, 1.54) is 11.1 Å². The molecule has 106 valence electrons. The van der Waals surface area contributed by atoms with Gasteiger partial charge in [0.2, 0.25) is 0 Å². The Morgan fingerprint density at radius 3 is 2.45 bits per heavy atom. The van der Waals surface area contributed by atoms with Gasteiger partial charge in [-0.1, -0.05) is 68.6 Å². The molecule has 0 aromatic heterocycles. The number of aryl methyl sites for hydroxylation is 1. The summed E-state index contributed by atoms with van der Waals surface area (Å²) in [6, 6.07) is 12.3. The fourth-order valence-corrected chi connectivity index (χ4v) is 3.48. The Hall–Kier alpha value is -0.350. The summed E-state index contributed by atoms with van der Waals surface area (Å²) in [6.45, 7) is 5.05. The molecule has 0 amide bonds. The third-order valence-electron chi connectivity index (χ3n) is 3.21. The number of nitrogens with one attached hydrogen (secondary N) is 1. The summed E-state index contributed by atoms with van der Waals surface area (Å²) in [5, 5.41) is 4.29. The van der Waals surface area contributed by atoms with Crippen LogP contribution in [-0.2, 0) is 0 Å². The average molecular weight is 418 g/mol. The van der Waals surface area contributed by atoms with Crippen molar-refractivity contribution >= 4 is 43.5 Å². The van der Waals surface area contributed by atoms with E-state index in [0.29, 0.717) is 0 Å². The third kappa shape index (κ3) is 3.45. The van der Waals surface area contributed by atoms with Crippen molar-refractivity contribution in [3.8, 4) is 0 Å².